The van der Waals surface area contributed by atoms with E-state index in [1.54, 1.807) is 24.7 Å². The summed E-state index contributed by atoms with van der Waals surface area (Å²) in [6.45, 7) is 1.75. The molecule has 118 valence electrons. The molecular weight excluding hydrogens is 296 g/mol. The molecule has 0 N–H and O–H groups in total. The molecule has 3 aromatic rings. The van der Waals surface area contributed by atoms with Crippen LogP contribution in [0.2, 0.25) is 0 Å². The van der Waals surface area contributed by atoms with E-state index < -0.39 is 0 Å². The van der Waals surface area contributed by atoms with Gasteiger partial charge in [0.15, 0.2) is 0 Å². The van der Waals surface area contributed by atoms with Gasteiger partial charge < -0.3 is 8.83 Å². The minimum atomic E-state index is -0.382. The molecule has 0 radical (unpaired) electrons. The summed E-state index contributed by atoms with van der Waals surface area (Å²) in [5, 5.41) is 10.9. The standard InChI is InChI=1S/C17H16N2O4/c20-19(21)15-5-1-4-14(10-15)11-18(12-16-6-2-8-22-16)13-17-7-3-9-23-17/h1-10H,11-13H2. The largest absolute Gasteiger partial charge is 0.468 e. The van der Waals surface area contributed by atoms with E-state index >= 15 is 0 Å². The van der Waals surface area contributed by atoms with Crippen molar-refractivity contribution in [3.8, 4) is 0 Å². The molecule has 0 atom stereocenters. The average Bonchev–Trinajstić information content (AvgIpc) is 3.21. The maximum absolute atomic E-state index is 10.9. The Balaban J connectivity index is 1.77. The van der Waals surface area contributed by atoms with Gasteiger partial charge in [-0.3, -0.25) is 15.0 Å². The zero-order valence-electron chi connectivity index (χ0n) is 12.4. The summed E-state index contributed by atoms with van der Waals surface area (Å²) in [5.74, 6) is 1.67. The first-order valence-corrected chi connectivity index (χ1v) is 7.21. The fraction of sp³-hybridized carbons (Fsp3) is 0.176. The molecule has 0 fully saturated rings. The van der Waals surface area contributed by atoms with E-state index in [1.807, 2.05) is 30.3 Å². The van der Waals surface area contributed by atoms with Crippen molar-refractivity contribution >= 4 is 5.69 Å². The first-order valence-electron chi connectivity index (χ1n) is 7.21. The molecule has 2 heterocycles. The molecule has 0 unspecified atom stereocenters. The minimum Gasteiger partial charge on any atom is -0.468 e. The summed E-state index contributed by atoms with van der Waals surface area (Å²) < 4.78 is 10.8. The van der Waals surface area contributed by atoms with Gasteiger partial charge in [0.1, 0.15) is 11.5 Å². The number of nitrogens with zero attached hydrogens (tertiary/aromatic N) is 2. The van der Waals surface area contributed by atoms with Crippen molar-refractivity contribution in [3.05, 3.63) is 88.3 Å². The van der Waals surface area contributed by atoms with Gasteiger partial charge in [0.05, 0.1) is 30.5 Å². The number of non-ortho nitro benzene ring substituents is 1. The van der Waals surface area contributed by atoms with E-state index in [1.165, 1.54) is 6.07 Å². The van der Waals surface area contributed by atoms with Crippen LogP contribution in [0.3, 0.4) is 0 Å². The topological polar surface area (TPSA) is 72.7 Å². The molecule has 0 amide bonds. The molecular formula is C17H16N2O4. The highest BCUT2D eigenvalue weighted by molar-refractivity contribution is 5.34. The van der Waals surface area contributed by atoms with Gasteiger partial charge in [-0.25, -0.2) is 0 Å². The molecule has 6 heteroatoms. The molecule has 0 saturated heterocycles. The zero-order valence-corrected chi connectivity index (χ0v) is 12.4. The predicted molar refractivity (Wildman–Crippen MR) is 83.5 cm³/mol. The Morgan fingerprint density at radius 1 is 0.913 bits per heavy atom. The zero-order chi connectivity index (χ0) is 16.1. The molecule has 0 aliphatic rings. The van der Waals surface area contributed by atoms with Crippen molar-refractivity contribution in [2.75, 3.05) is 0 Å². The lowest BCUT2D eigenvalue weighted by Crippen LogP contribution is -2.22. The second-order valence-electron chi connectivity index (χ2n) is 5.23. The normalized spacial score (nSPS) is 11.0. The van der Waals surface area contributed by atoms with Gasteiger partial charge in [0.25, 0.3) is 5.69 Å². The van der Waals surface area contributed by atoms with E-state index in [9.17, 15) is 10.1 Å². The monoisotopic (exact) mass is 312 g/mol. The third-order valence-electron chi connectivity index (χ3n) is 3.45. The van der Waals surface area contributed by atoms with E-state index in [-0.39, 0.29) is 10.6 Å². The molecule has 0 aliphatic carbocycles. The Morgan fingerprint density at radius 2 is 1.57 bits per heavy atom. The van der Waals surface area contributed by atoms with Gasteiger partial charge in [0, 0.05) is 18.7 Å². The fourth-order valence-electron chi connectivity index (χ4n) is 2.44. The average molecular weight is 312 g/mol. The molecule has 1 aromatic carbocycles. The van der Waals surface area contributed by atoms with Crippen LogP contribution in [-0.2, 0) is 19.6 Å². The second-order valence-corrected chi connectivity index (χ2v) is 5.23. The van der Waals surface area contributed by atoms with Crippen LogP contribution in [0.15, 0.2) is 69.9 Å². The first-order chi connectivity index (χ1) is 11.2. The van der Waals surface area contributed by atoms with Crippen LogP contribution in [0.25, 0.3) is 0 Å². The predicted octanol–water partition coefficient (Wildman–Crippen LogP) is 3.98. The molecule has 0 bridgehead atoms. The van der Waals surface area contributed by atoms with E-state index in [2.05, 4.69) is 4.90 Å². The fourth-order valence-corrected chi connectivity index (χ4v) is 2.44. The lowest BCUT2D eigenvalue weighted by Gasteiger charge is -2.20. The van der Waals surface area contributed by atoms with E-state index in [0.29, 0.717) is 19.6 Å². The third kappa shape index (κ3) is 4.08. The first kappa shape index (κ1) is 15.1. The van der Waals surface area contributed by atoms with Crippen molar-refractivity contribution in [1.82, 2.24) is 4.90 Å². The number of hydrogen-bond acceptors (Lipinski definition) is 5. The van der Waals surface area contributed by atoms with Gasteiger partial charge >= 0.3 is 0 Å². The molecule has 23 heavy (non-hydrogen) atoms. The number of hydrogen-bond donors (Lipinski definition) is 0. The maximum Gasteiger partial charge on any atom is 0.269 e. The summed E-state index contributed by atoms with van der Waals surface area (Å²) in [6.07, 6.45) is 3.27. The van der Waals surface area contributed by atoms with E-state index in [0.717, 1.165) is 17.1 Å². The van der Waals surface area contributed by atoms with Crippen LogP contribution in [0.1, 0.15) is 17.1 Å². The van der Waals surface area contributed by atoms with Crippen molar-refractivity contribution in [1.29, 1.82) is 0 Å². The summed E-state index contributed by atoms with van der Waals surface area (Å²) in [4.78, 5) is 12.6. The highest BCUT2D eigenvalue weighted by atomic mass is 16.6. The second kappa shape index (κ2) is 6.93. The Hall–Kier alpha value is -2.86. The lowest BCUT2D eigenvalue weighted by molar-refractivity contribution is -0.384. The van der Waals surface area contributed by atoms with Crippen molar-refractivity contribution in [3.63, 3.8) is 0 Å². The molecule has 0 saturated carbocycles. The summed E-state index contributed by atoms with van der Waals surface area (Å²) in [5.41, 5.74) is 0.968. The number of furan rings is 2. The molecule has 3 rings (SSSR count). The summed E-state index contributed by atoms with van der Waals surface area (Å²) in [6, 6.07) is 14.2. The number of nitro benzene ring substituents is 1. The highest BCUT2D eigenvalue weighted by Crippen LogP contribution is 2.18. The van der Waals surface area contributed by atoms with Crippen LogP contribution < -0.4 is 0 Å². The van der Waals surface area contributed by atoms with Crippen molar-refractivity contribution in [2.24, 2.45) is 0 Å². The van der Waals surface area contributed by atoms with Crippen LogP contribution in [0.4, 0.5) is 5.69 Å². The van der Waals surface area contributed by atoms with Gasteiger partial charge in [0.2, 0.25) is 0 Å². The molecule has 0 spiro atoms. The summed E-state index contributed by atoms with van der Waals surface area (Å²) in [7, 11) is 0. The lowest BCUT2D eigenvalue weighted by atomic mass is 10.2. The summed E-state index contributed by atoms with van der Waals surface area (Å²) >= 11 is 0. The number of rotatable bonds is 7. The Morgan fingerprint density at radius 3 is 2.09 bits per heavy atom. The number of benzene rings is 1. The van der Waals surface area contributed by atoms with Gasteiger partial charge in [-0.05, 0) is 29.8 Å². The van der Waals surface area contributed by atoms with Crippen LogP contribution in [-0.4, -0.2) is 9.82 Å². The Labute approximate surface area is 133 Å². The molecule has 0 aliphatic heterocycles. The molecule has 6 nitrogen and oxygen atoms in total. The Kier molecular flexibility index (Phi) is 4.54. The smallest absolute Gasteiger partial charge is 0.269 e. The maximum atomic E-state index is 10.9. The highest BCUT2D eigenvalue weighted by Gasteiger charge is 2.13. The number of nitro groups is 1. The van der Waals surface area contributed by atoms with Crippen LogP contribution in [0.5, 0.6) is 0 Å². The van der Waals surface area contributed by atoms with Crippen LogP contribution in [0, 0.1) is 10.1 Å². The van der Waals surface area contributed by atoms with Gasteiger partial charge in [-0.15, -0.1) is 0 Å². The Bertz CT molecular complexity index is 715. The molecule has 2 aromatic heterocycles. The SMILES string of the molecule is O=[N+]([O-])c1cccc(CN(Cc2ccco2)Cc2ccco2)c1. The quantitative estimate of drug-likeness (QED) is 0.487. The van der Waals surface area contributed by atoms with Crippen molar-refractivity contribution in [2.45, 2.75) is 19.6 Å². The van der Waals surface area contributed by atoms with Crippen molar-refractivity contribution < 1.29 is 13.8 Å². The third-order valence-corrected chi connectivity index (χ3v) is 3.45. The van der Waals surface area contributed by atoms with Gasteiger partial charge in [-0.1, -0.05) is 12.1 Å². The van der Waals surface area contributed by atoms with E-state index in [4.69, 9.17) is 8.83 Å². The minimum absolute atomic E-state index is 0.0958. The van der Waals surface area contributed by atoms with Crippen LogP contribution >= 0.6 is 0 Å². The van der Waals surface area contributed by atoms with Gasteiger partial charge in [-0.2, -0.15) is 0 Å².